The van der Waals surface area contributed by atoms with Gasteiger partial charge in [-0.05, 0) is 48.4 Å². The van der Waals surface area contributed by atoms with Crippen LogP contribution >= 0.6 is 11.8 Å². The van der Waals surface area contributed by atoms with Crippen LogP contribution in [0.4, 0.5) is 20.8 Å². The first-order chi connectivity index (χ1) is 18.5. The van der Waals surface area contributed by atoms with Crippen molar-refractivity contribution >= 4 is 47.1 Å². The van der Waals surface area contributed by atoms with Crippen LogP contribution < -0.4 is 21.3 Å². The van der Waals surface area contributed by atoms with Gasteiger partial charge in [0.05, 0.1) is 6.20 Å². The van der Waals surface area contributed by atoms with Crippen LogP contribution in [-0.2, 0) is 11.3 Å². The van der Waals surface area contributed by atoms with Gasteiger partial charge in [-0.1, -0.05) is 17.8 Å². The predicted octanol–water partition coefficient (Wildman–Crippen LogP) is 3.41. The molecule has 1 aromatic carbocycles. The van der Waals surface area contributed by atoms with Crippen molar-refractivity contribution in [2.24, 2.45) is 0 Å². The van der Waals surface area contributed by atoms with Crippen LogP contribution in [0.5, 0.6) is 0 Å². The standard InChI is InChI=1S/C25H22FN9O2S/c1-38-25-28-10-15(11-29-25)18-7-16(26)3-2-13(18)9-27-20-8-21(31-17-4-5-17)35-22(33-20)14(12-30-35)6-19-23(36)34-24(37)32-19/h2-3,6-8,10-12,17,31H,4-5,9H2,1H3,(H,27,33)(H2,32,34,36,37)/b19-6-. The zero-order chi connectivity index (χ0) is 26.2. The van der Waals surface area contributed by atoms with Crippen LogP contribution in [0.2, 0.25) is 0 Å². The average Bonchev–Trinajstić information content (AvgIpc) is 3.55. The summed E-state index contributed by atoms with van der Waals surface area (Å²) < 4.78 is 15.8. The number of rotatable bonds is 8. The molecule has 2 fully saturated rings. The van der Waals surface area contributed by atoms with E-state index in [0.29, 0.717) is 45.9 Å². The van der Waals surface area contributed by atoms with Crippen molar-refractivity contribution in [3.63, 3.8) is 0 Å². The van der Waals surface area contributed by atoms with Crippen LogP contribution in [0.25, 0.3) is 22.9 Å². The number of amides is 3. The molecule has 4 N–H and O–H groups in total. The molecule has 0 unspecified atom stereocenters. The van der Waals surface area contributed by atoms with Crippen molar-refractivity contribution < 1.29 is 14.0 Å². The molecule has 4 heterocycles. The number of hydrogen-bond donors (Lipinski definition) is 4. The zero-order valence-electron chi connectivity index (χ0n) is 20.2. The largest absolute Gasteiger partial charge is 0.367 e. The maximum absolute atomic E-state index is 14.2. The highest BCUT2D eigenvalue weighted by Crippen LogP contribution is 2.29. The molecule has 6 rings (SSSR count). The van der Waals surface area contributed by atoms with Gasteiger partial charge in [-0.3, -0.25) is 10.1 Å². The number of nitrogens with zero attached hydrogens (tertiary/aromatic N) is 5. The van der Waals surface area contributed by atoms with Crippen molar-refractivity contribution in [3.8, 4) is 11.1 Å². The Bertz CT molecular complexity index is 1600. The Hall–Kier alpha value is -4.52. The van der Waals surface area contributed by atoms with E-state index in [9.17, 15) is 14.0 Å². The minimum Gasteiger partial charge on any atom is -0.367 e. The molecule has 1 saturated carbocycles. The zero-order valence-corrected chi connectivity index (χ0v) is 21.0. The highest BCUT2D eigenvalue weighted by atomic mass is 32.2. The number of carbonyl (C=O) groups excluding carboxylic acids is 2. The lowest BCUT2D eigenvalue weighted by atomic mass is 10.0. The molecule has 13 heteroatoms. The van der Waals surface area contributed by atoms with Gasteiger partial charge >= 0.3 is 6.03 Å². The van der Waals surface area contributed by atoms with Crippen molar-refractivity contribution in [2.45, 2.75) is 30.6 Å². The molecule has 0 spiro atoms. The summed E-state index contributed by atoms with van der Waals surface area (Å²) in [6.45, 7) is 0.356. The molecule has 192 valence electrons. The van der Waals surface area contributed by atoms with Gasteiger partial charge in [0.2, 0.25) is 0 Å². The molecule has 11 nitrogen and oxygen atoms in total. The van der Waals surface area contributed by atoms with E-state index in [-0.39, 0.29) is 11.5 Å². The maximum atomic E-state index is 14.2. The second kappa shape index (κ2) is 9.74. The van der Waals surface area contributed by atoms with Crippen LogP contribution in [0.15, 0.2) is 53.7 Å². The minimum atomic E-state index is -0.576. The van der Waals surface area contributed by atoms with Gasteiger partial charge in [0.25, 0.3) is 5.91 Å². The van der Waals surface area contributed by atoms with Crippen LogP contribution in [0.1, 0.15) is 24.0 Å². The Morgan fingerprint density at radius 3 is 2.68 bits per heavy atom. The van der Waals surface area contributed by atoms with E-state index in [1.807, 2.05) is 12.3 Å². The van der Waals surface area contributed by atoms with Gasteiger partial charge in [-0.15, -0.1) is 0 Å². The fourth-order valence-electron chi connectivity index (χ4n) is 4.07. The van der Waals surface area contributed by atoms with Crippen LogP contribution in [0, 0.1) is 5.82 Å². The summed E-state index contributed by atoms with van der Waals surface area (Å²) in [6, 6.07) is 6.24. The highest BCUT2D eigenvalue weighted by Gasteiger charge is 2.25. The molecule has 1 aliphatic heterocycles. The number of aromatic nitrogens is 5. The highest BCUT2D eigenvalue weighted by molar-refractivity contribution is 7.98. The van der Waals surface area contributed by atoms with E-state index in [1.54, 1.807) is 29.2 Å². The van der Waals surface area contributed by atoms with Crippen LogP contribution in [-0.4, -0.2) is 48.8 Å². The molecule has 1 saturated heterocycles. The lowest BCUT2D eigenvalue weighted by molar-refractivity contribution is -0.115. The van der Waals surface area contributed by atoms with Crippen molar-refractivity contribution in [3.05, 3.63) is 65.5 Å². The van der Waals surface area contributed by atoms with E-state index >= 15 is 0 Å². The lowest BCUT2D eigenvalue weighted by Crippen LogP contribution is -2.22. The predicted molar refractivity (Wildman–Crippen MR) is 141 cm³/mol. The Kier molecular flexibility index (Phi) is 6.12. The third-order valence-electron chi connectivity index (χ3n) is 6.10. The van der Waals surface area contributed by atoms with E-state index < -0.39 is 11.9 Å². The number of fused-ring (bicyclic) bond motifs is 1. The minimum absolute atomic E-state index is 0.118. The number of benzene rings is 1. The topological polar surface area (TPSA) is 138 Å². The Balaban J connectivity index is 1.33. The van der Waals surface area contributed by atoms with Gasteiger partial charge in [0.15, 0.2) is 10.8 Å². The van der Waals surface area contributed by atoms with Gasteiger partial charge < -0.3 is 16.0 Å². The number of carbonyl (C=O) groups is 2. The third-order valence-corrected chi connectivity index (χ3v) is 6.68. The Labute approximate surface area is 220 Å². The van der Waals surface area contributed by atoms with Gasteiger partial charge in [0.1, 0.15) is 23.1 Å². The molecule has 0 radical (unpaired) electrons. The first kappa shape index (κ1) is 23.9. The summed E-state index contributed by atoms with van der Waals surface area (Å²) >= 11 is 1.43. The molecule has 4 aromatic rings. The second-order valence-electron chi connectivity index (χ2n) is 8.86. The van der Waals surface area contributed by atoms with E-state index in [1.165, 1.54) is 30.0 Å². The number of thioether (sulfide) groups is 1. The van der Waals surface area contributed by atoms with Crippen molar-refractivity contribution in [1.82, 2.24) is 35.2 Å². The quantitative estimate of drug-likeness (QED) is 0.117. The van der Waals surface area contributed by atoms with E-state index in [4.69, 9.17) is 4.98 Å². The first-order valence-corrected chi connectivity index (χ1v) is 13.1. The molecule has 1 aliphatic carbocycles. The number of nitrogens with one attached hydrogen (secondary N) is 4. The Morgan fingerprint density at radius 2 is 1.97 bits per heavy atom. The average molecular weight is 532 g/mol. The monoisotopic (exact) mass is 531 g/mol. The molecule has 3 amide bonds. The number of halogens is 1. The molecule has 38 heavy (non-hydrogen) atoms. The normalized spacial score (nSPS) is 16.1. The van der Waals surface area contributed by atoms with Gasteiger partial charge in [-0.2, -0.15) is 9.61 Å². The number of anilines is 2. The third kappa shape index (κ3) is 4.87. The van der Waals surface area contributed by atoms with Crippen LogP contribution in [0.3, 0.4) is 0 Å². The summed E-state index contributed by atoms with van der Waals surface area (Å²) in [4.78, 5) is 36.9. The number of hydrogen-bond acceptors (Lipinski definition) is 9. The smallest absolute Gasteiger partial charge is 0.326 e. The van der Waals surface area contributed by atoms with Crippen molar-refractivity contribution in [1.29, 1.82) is 0 Å². The van der Waals surface area contributed by atoms with Gasteiger partial charge in [0, 0.05) is 42.2 Å². The summed E-state index contributed by atoms with van der Waals surface area (Å²) in [5.74, 6) is 0.432. The molecular weight excluding hydrogens is 509 g/mol. The second-order valence-corrected chi connectivity index (χ2v) is 9.63. The maximum Gasteiger partial charge on any atom is 0.326 e. The number of imide groups is 1. The summed E-state index contributed by atoms with van der Waals surface area (Å²) in [7, 11) is 0. The fourth-order valence-corrected chi connectivity index (χ4v) is 4.38. The van der Waals surface area contributed by atoms with E-state index in [0.717, 1.165) is 24.2 Å². The fraction of sp³-hybridized carbons (Fsp3) is 0.200. The number of urea groups is 1. The Morgan fingerprint density at radius 1 is 1.16 bits per heavy atom. The summed E-state index contributed by atoms with van der Waals surface area (Å²) in [5, 5.41) is 16.5. The lowest BCUT2D eigenvalue weighted by Gasteiger charge is -2.14. The summed E-state index contributed by atoms with van der Waals surface area (Å²) in [6.07, 6.45) is 10.5. The molecule has 0 atom stereocenters. The molecule has 2 aliphatic rings. The first-order valence-electron chi connectivity index (χ1n) is 11.8. The van der Waals surface area contributed by atoms with E-state index in [2.05, 4.69) is 36.3 Å². The summed E-state index contributed by atoms with van der Waals surface area (Å²) in [5.41, 5.74) is 3.41. The SMILES string of the molecule is CSc1ncc(-c2cc(F)ccc2CNc2cc(NC3CC3)n3ncc(/C=C4\NC(=O)NC4=O)c3n2)cn1. The van der Waals surface area contributed by atoms with Crippen molar-refractivity contribution in [2.75, 3.05) is 16.9 Å². The van der Waals surface area contributed by atoms with Gasteiger partial charge in [-0.25, -0.2) is 24.1 Å². The molecular formula is C25H22FN9O2S. The molecule has 0 bridgehead atoms. The molecule has 3 aromatic heterocycles.